The lowest BCUT2D eigenvalue weighted by Gasteiger charge is -2.31. The molecule has 2 atom stereocenters. The summed E-state index contributed by atoms with van der Waals surface area (Å²) < 4.78 is 19.2. The lowest BCUT2D eigenvalue weighted by molar-refractivity contribution is -0.123. The number of hydrogen-bond acceptors (Lipinski definition) is 4. The van der Waals surface area contributed by atoms with E-state index in [4.69, 9.17) is 10.5 Å². The van der Waals surface area contributed by atoms with Crippen LogP contribution in [0.4, 0.5) is 4.39 Å². The highest BCUT2D eigenvalue weighted by molar-refractivity contribution is 14.0. The molecular weight excluding hydrogens is 500 g/mol. The second kappa shape index (κ2) is 14.4. The number of rotatable bonds is 10. The van der Waals surface area contributed by atoms with Crippen molar-refractivity contribution in [2.24, 2.45) is 16.6 Å². The minimum absolute atomic E-state index is 0. The van der Waals surface area contributed by atoms with Crippen molar-refractivity contribution < 1.29 is 13.9 Å². The Morgan fingerprint density at radius 1 is 1.43 bits per heavy atom. The van der Waals surface area contributed by atoms with Crippen molar-refractivity contribution in [2.75, 3.05) is 39.8 Å². The standard InChI is InChI=1S/C21H34FN5O2.HI/c1-3-18(29-19-9-4-8-17(22)13-19)14-26-21(24-2)25-10-6-12-27-11-5-7-16(15-27)20(23)28;/h4,8-9,13,16,18H,3,5-7,10-12,14-15H2,1-2H3,(H2,23,28)(H2,24,25,26);1H. The Labute approximate surface area is 196 Å². The molecule has 0 radical (unpaired) electrons. The Bertz CT molecular complexity index is 677. The number of halogens is 2. The van der Waals surface area contributed by atoms with Crippen molar-refractivity contribution in [1.82, 2.24) is 15.5 Å². The molecule has 1 aromatic rings. The minimum atomic E-state index is -0.307. The molecule has 7 nitrogen and oxygen atoms in total. The highest BCUT2D eigenvalue weighted by Crippen LogP contribution is 2.16. The molecule has 9 heteroatoms. The van der Waals surface area contributed by atoms with Gasteiger partial charge >= 0.3 is 0 Å². The maximum Gasteiger partial charge on any atom is 0.221 e. The third kappa shape index (κ3) is 9.46. The summed E-state index contributed by atoms with van der Waals surface area (Å²) in [5, 5.41) is 6.56. The van der Waals surface area contributed by atoms with Gasteiger partial charge in [-0.05, 0) is 50.9 Å². The van der Waals surface area contributed by atoms with Gasteiger partial charge in [-0.1, -0.05) is 13.0 Å². The SMILES string of the molecule is CCC(CNC(=NC)NCCCN1CCCC(C(N)=O)C1)Oc1cccc(F)c1.I. The van der Waals surface area contributed by atoms with Gasteiger partial charge in [-0.15, -0.1) is 24.0 Å². The van der Waals surface area contributed by atoms with E-state index in [0.29, 0.717) is 18.3 Å². The molecule has 4 N–H and O–H groups in total. The Balaban J connectivity index is 0.00000450. The largest absolute Gasteiger partial charge is 0.489 e. The average molecular weight is 535 g/mol. The van der Waals surface area contributed by atoms with Crippen molar-refractivity contribution in [1.29, 1.82) is 0 Å². The van der Waals surface area contributed by atoms with Crippen LogP contribution in [0.5, 0.6) is 5.75 Å². The van der Waals surface area contributed by atoms with Crippen molar-refractivity contribution >= 4 is 35.8 Å². The molecule has 1 saturated heterocycles. The van der Waals surface area contributed by atoms with Crippen LogP contribution in [0.3, 0.4) is 0 Å². The van der Waals surface area contributed by atoms with Crippen LogP contribution < -0.4 is 21.1 Å². The smallest absolute Gasteiger partial charge is 0.221 e. The monoisotopic (exact) mass is 535 g/mol. The number of nitrogens with two attached hydrogens (primary N) is 1. The van der Waals surface area contributed by atoms with Gasteiger partial charge in [0.1, 0.15) is 17.7 Å². The molecule has 30 heavy (non-hydrogen) atoms. The van der Waals surface area contributed by atoms with E-state index < -0.39 is 0 Å². The van der Waals surface area contributed by atoms with Gasteiger partial charge in [0.15, 0.2) is 5.96 Å². The molecule has 2 unspecified atom stereocenters. The van der Waals surface area contributed by atoms with E-state index in [0.717, 1.165) is 51.9 Å². The second-order valence-electron chi connectivity index (χ2n) is 7.38. The van der Waals surface area contributed by atoms with E-state index in [2.05, 4.69) is 20.5 Å². The summed E-state index contributed by atoms with van der Waals surface area (Å²) in [6.07, 6.45) is 3.57. The Hall–Kier alpha value is -1.62. The number of likely N-dealkylation sites (tertiary alicyclic amines) is 1. The first kappa shape index (κ1) is 26.4. The topological polar surface area (TPSA) is 92.0 Å². The number of aliphatic imine (C=N–C) groups is 1. The third-order valence-electron chi connectivity index (χ3n) is 5.13. The van der Waals surface area contributed by atoms with E-state index in [9.17, 15) is 9.18 Å². The molecule has 0 bridgehead atoms. The second-order valence-corrected chi connectivity index (χ2v) is 7.38. The molecule has 1 heterocycles. The maximum atomic E-state index is 13.3. The predicted molar refractivity (Wildman–Crippen MR) is 129 cm³/mol. The first-order valence-electron chi connectivity index (χ1n) is 10.4. The number of piperidine rings is 1. The lowest BCUT2D eigenvalue weighted by Crippen LogP contribution is -2.44. The highest BCUT2D eigenvalue weighted by Gasteiger charge is 2.23. The summed E-state index contributed by atoms with van der Waals surface area (Å²) in [6.45, 7) is 6.08. The number of amides is 1. The van der Waals surface area contributed by atoms with Crippen molar-refractivity contribution in [3.8, 4) is 5.75 Å². The summed E-state index contributed by atoms with van der Waals surface area (Å²) in [7, 11) is 1.73. The van der Waals surface area contributed by atoms with Gasteiger partial charge in [-0.3, -0.25) is 9.79 Å². The predicted octanol–water partition coefficient (Wildman–Crippen LogP) is 2.35. The van der Waals surface area contributed by atoms with E-state index in [1.165, 1.54) is 12.1 Å². The number of nitrogens with one attached hydrogen (secondary N) is 2. The highest BCUT2D eigenvalue weighted by atomic mass is 127. The molecule has 170 valence electrons. The zero-order chi connectivity index (χ0) is 21.1. The van der Waals surface area contributed by atoms with Crippen molar-refractivity contribution in [3.63, 3.8) is 0 Å². The number of nitrogens with zero attached hydrogens (tertiary/aromatic N) is 2. The Morgan fingerprint density at radius 2 is 2.23 bits per heavy atom. The number of benzene rings is 1. The molecule has 1 aliphatic rings. The molecule has 1 fully saturated rings. The van der Waals surface area contributed by atoms with E-state index in [1.807, 2.05) is 6.92 Å². The molecular formula is C21H35FIN5O2. The van der Waals surface area contributed by atoms with Crippen LogP contribution in [-0.2, 0) is 4.79 Å². The minimum Gasteiger partial charge on any atom is -0.489 e. The van der Waals surface area contributed by atoms with Crippen molar-refractivity contribution in [3.05, 3.63) is 30.1 Å². The van der Waals surface area contributed by atoms with Crippen LogP contribution in [0.1, 0.15) is 32.6 Å². The van der Waals surface area contributed by atoms with Gasteiger partial charge in [-0.2, -0.15) is 0 Å². The van der Waals surface area contributed by atoms with Crippen molar-refractivity contribution in [2.45, 2.75) is 38.7 Å². The van der Waals surface area contributed by atoms with E-state index in [-0.39, 0.29) is 47.7 Å². The Kier molecular flexibility index (Phi) is 12.7. The summed E-state index contributed by atoms with van der Waals surface area (Å²) >= 11 is 0. The van der Waals surface area contributed by atoms with Gasteiger partial charge in [0, 0.05) is 26.2 Å². The Morgan fingerprint density at radius 3 is 2.90 bits per heavy atom. The molecule has 1 aromatic carbocycles. The first-order valence-corrected chi connectivity index (χ1v) is 10.4. The molecule has 1 aliphatic heterocycles. The number of hydrogen-bond donors (Lipinski definition) is 3. The number of carbonyl (C=O) groups excluding carboxylic acids is 1. The number of guanidine groups is 1. The normalized spacial score (nSPS) is 18.2. The maximum absolute atomic E-state index is 13.3. The van der Waals surface area contributed by atoms with Gasteiger partial charge in [0.05, 0.1) is 12.5 Å². The summed E-state index contributed by atoms with van der Waals surface area (Å²) in [5.74, 6) is 0.717. The molecule has 0 aromatic heterocycles. The quantitative estimate of drug-likeness (QED) is 0.185. The summed E-state index contributed by atoms with van der Waals surface area (Å²) in [4.78, 5) is 17.9. The summed E-state index contributed by atoms with van der Waals surface area (Å²) in [6, 6.07) is 6.18. The first-order chi connectivity index (χ1) is 14.0. The van der Waals surface area contributed by atoms with Crippen LogP contribution in [0.2, 0.25) is 0 Å². The van der Waals surface area contributed by atoms with Crippen LogP contribution in [0.15, 0.2) is 29.3 Å². The zero-order valence-electron chi connectivity index (χ0n) is 17.9. The fourth-order valence-corrected chi connectivity index (χ4v) is 3.43. The fourth-order valence-electron chi connectivity index (χ4n) is 3.43. The van der Waals surface area contributed by atoms with Gasteiger partial charge in [0.2, 0.25) is 5.91 Å². The fraction of sp³-hybridized carbons (Fsp3) is 0.619. The molecule has 0 saturated carbocycles. The summed E-state index contributed by atoms with van der Waals surface area (Å²) in [5.41, 5.74) is 5.44. The number of primary amides is 1. The van der Waals surface area contributed by atoms with E-state index in [1.54, 1.807) is 19.2 Å². The average Bonchev–Trinajstić information content (AvgIpc) is 2.72. The van der Waals surface area contributed by atoms with Crippen LogP contribution in [0, 0.1) is 11.7 Å². The number of carbonyl (C=O) groups is 1. The molecule has 2 rings (SSSR count). The number of ether oxygens (including phenoxy) is 1. The molecule has 1 amide bonds. The molecule has 0 aliphatic carbocycles. The zero-order valence-corrected chi connectivity index (χ0v) is 20.2. The van der Waals surface area contributed by atoms with Gasteiger partial charge < -0.3 is 26.0 Å². The lowest BCUT2D eigenvalue weighted by atomic mass is 9.97. The van der Waals surface area contributed by atoms with Crippen LogP contribution in [0.25, 0.3) is 0 Å². The van der Waals surface area contributed by atoms with Crippen LogP contribution in [-0.4, -0.2) is 62.6 Å². The van der Waals surface area contributed by atoms with Gasteiger partial charge in [-0.25, -0.2) is 4.39 Å². The van der Waals surface area contributed by atoms with E-state index >= 15 is 0 Å². The van der Waals surface area contributed by atoms with Crippen LogP contribution >= 0.6 is 24.0 Å². The third-order valence-corrected chi connectivity index (χ3v) is 5.13. The van der Waals surface area contributed by atoms with Gasteiger partial charge in [0.25, 0.3) is 0 Å². The molecule has 0 spiro atoms.